The van der Waals surface area contributed by atoms with Gasteiger partial charge in [0.25, 0.3) is 0 Å². The monoisotopic (exact) mass is 239 g/mol. The van der Waals surface area contributed by atoms with Gasteiger partial charge >= 0.3 is 0 Å². The molecule has 0 aliphatic carbocycles. The summed E-state index contributed by atoms with van der Waals surface area (Å²) in [5.74, 6) is 0.886. The third-order valence-electron chi connectivity index (χ3n) is 2.28. The largest absolute Gasteiger partial charge is 0.491 e. The van der Waals surface area contributed by atoms with Gasteiger partial charge < -0.3 is 15.2 Å². The molecule has 0 amide bonds. The highest BCUT2D eigenvalue weighted by molar-refractivity contribution is 7.80. The molecule has 0 radical (unpaired) electrons. The lowest BCUT2D eigenvalue weighted by Crippen LogP contribution is -2.11. The van der Waals surface area contributed by atoms with Gasteiger partial charge in [0.2, 0.25) is 0 Å². The lowest BCUT2D eigenvalue weighted by molar-refractivity contribution is 0.145. The topological polar surface area (TPSA) is 44.5 Å². The van der Waals surface area contributed by atoms with Crippen LogP contribution in [0.2, 0.25) is 0 Å². The number of hydrogen-bond donors (Lipinski definition) is 1. The second kappa shape index (κ2) is 5.82. The number of hydrogen-bond acceptors (Lipinski definition) is 3. The normalized spacial score (nSPS) is 10.2. The van der Waals surface area contributed by atoms with Crippen LogP contribution in [0, 0.1) is 13.8 Å². The number of nitrogens with two attached hydrogens (primary N) is 1. The molecule has 0 aromatic heterocycles. The van der Waals surface area contributed by atoms with Crippen LogP contribution < -0.4 is 10.5 Å². The summed E-state index contributed by atoms with van der Waals surface area (Å²) in [5.41, 5.74) is 8.55. The number of aryl methyl sites for hydroxylation is 2. The molecule has 0 spiro atoms. The molecule has 0 unspecified atom stereocenters. The number of benzene rings is 1. The Morgan fingerprint density at radius 3 is 2.25 bits per heavy atom. The average molecular weight is 239 g/mol. The molecule has 1 aromatic rings. The summed E-state index contributed by atoms with van der Waals surface area (Å²) in [6, 6.07) is 3.88. The van der Waals surface area contributed by atoms with Crippen LogP contribution in [0.4, 0.5) is 0 Å². The van der Waals surface area contributed by atoms with E-state index >= 15 is 0 Å². The number of methoxy groups -OCH3 is 1. The van der Waals surface area contributed by atoms with E-state index in [-0.39, 0.29) is 0 Å². The SMILES string of the molecule is COCCOc1c(C)cc(C(N)=S)cc1C. The van der Waals surface area contributed by atoms with Crippen molar-refractivity contribution in [2.24, 2.45) is 5.73 Å². The Hall–Kier alpha value is -1.13. The maximum absolute atomic E-state index is 5.63. The number of ether oxygens (including phenoxy) is 2. The zero-order valence-electron chi connectivity index (χ0n) is 9.87. The van der Waals surface area contributed by atoms with Crippen LogP contribution in [0.25, 0.3) is 0 Å². The quantitative estimate of drug-likeness (QED) is 0.630. The van der Waals surface area contributed by atoms with Gasteiger partial charge in [-0.1, -0.05) is 12.2 Å². The Bertz CT molecular complexity index is 368. The van der Waals surface area contributed by atoms with Crippen LogP contribution in [-0.4, -0.2) is 25.3 Å². The summed E-state index contributed by atoms with van der Waals surface area (Å²) >= 11 is 4.95. The van der Waals surface area contributed by atoms with Gasteiger partial charge in [0, 0.05) is 12.7 Å². The maximum Gasteiger partial charge on any atom is 0.125 e. The second-order valence-electron chi connectivity index (χ2n) is 3.64. The Morgan fingerprint density at radius 2 is 1.81 bits per heavy atom. The molecule has 0 aliphatic heterocycles. The van der Waals surface area contributed by atoms with Crippen LogP contribution >= 0.6 is 12.2 Å². The van der Waals surface area contributed by atoms with Crippen LogP contribution in [0.1, 0.15) is 16.7 Å². The molecule has 3 nitrogen and oxygen atoms in total. The second-order valence-corrected chi connectivity index (χ2v) is 4.08. The van der Waals surface area contributed by atoms with Crippen LogP contribution in [-0.2, 0) is 4.74 Å². The first kappa shape index (κ1) is 12.9. The van der Waals surface area contributed by atoms with Gasteiger partial charge in [-0.25, -0.2) is 0 Å². The zero-order chi connectivity index (χ0) is 12.1. The Morgan fingerprint density at radius 1 is 1.25 bits per heavy atom. The molecule has 0 aliphatic rings. The van der Waals surface area contributed by atoms with E-state index in [9.17, 15) is 0 Å². The van der Waals surface area contributed by atoms with Crippen molar-refractivity contribution in [3.8, 4) is 5.75 Å². The molecule has 0 atom stereocenters. The van der Waals surface area contributed by atoms with Gasteiger partial charge in [-0.3, -0.25) is 0 Å². The van der Waals surface area contributed by atoms with Gasteiger partial charge in [0.05, 0.1) is 6.61 Å². The van der Waals surface area contributed by atoms with E-state index in [0.29, 0.717) is 18.2 Å². The van der Waals surface area contributed by atoms with Crippen molar-refractivity contribution >= 4 is 17.2 Å². The molecule has 0 bridgehead atoms. The van der Waals surface area contributed by atoms with E-state index in [1.54, 1.807) is 7.11 Å². The molecule has 0 fully saturated rings. The minimum absolute atomic E-state index is 0.412. The van der Waals surface area contributed by atoms with E-state index in [1.807, 2.05) is 26.0 Å². The van der Waals surface area contributed by atoms with Crippen molar-refractivity contribution in [3.05, 3.63) is 28.8 Å². The highest BCUT2D eigenvalue weighted by Crippen LogP contribution is 2.24. The molecule has 1 aromatic carbocycles. The first-order valence-corrected chi connectivity index (χ1v) is 5.50. The van der Waals surface area contributed by atoms with E-state index in [2.05, 4.69) is 0 Å². The summed E-state index contributed by atoms with van der Waals surface area (Å²) < 4.78 is 10.6. The molecule has 2 N–H and O–H groups in total. The fraction of sp³-hybridized carbons (Fsp3) is 0.417. The maximum atomic E-state index is 5.63. The predicted molar refractivity (Wildman–Crippen MR) is 69.2 cm³/mol. The first-order valence-electron chi connectivity index (χ1n) is 5.09. The lowest BCUT2D eigenvalue weighted by Gasteiger charge is -2.13. The number of rotatable bonds is 5. The summed E-state index contributed by atoms with van der Waals surface area (Å²) in [7, 11) is 1.65. The standard InChI is InChI=1S/C12H17NO2S/c1-8-6-10(12(13)16)7-9(2)11(8)15-5-4-14-3/h6-7H,4-5H2,1-3H3,(H2,13,16). The smallest absolute Gasteiger partial charge is 0.125 e. The van der Waals surface area contributed by atoms with Crippen molar-refractivity contribution in [3.63, 3.8) is 0 Å². The van der Waals surface area contributed by atoms with Gasteiger partial charge in [-0.2, -0.15) is 0 Å². The summed E-state index contributed by atoms with van der Waals surface area (Å²) in [5, 5.41) is 0. The van der Waals surface area contributed by atoms with Gasteiger partial charge in [0.15, 0.2) is 0 Å². The van der Waals surface area contributed by atoms with Crippen LogP contribution in [0.5, 0.6) is 5.75 Å². The van der Waals surface area contributed by atoms with Crippen molar-refractivity contribution in [2.75, 3.05) is 20.3 Å². The molecule has 16 heavy (non-hydrogen) atoms. The fourth-order valence-electron chi connectivity index (χ4n) is 1.55. The molecule has 4 heteroatoms. The zero-order valence-corrected chi connectivity index (χ0v) is 10.7. The Balaban J connectivity index is 2.89. The van der Waals surface area contributed by atoms with Crippen molar-refractivity contribution in [1.29, 1.82) is 0 Å². The molecular weight excluding hydrogens is 222 g/mol. The highest BCUT2D eigenvalue weighted by Gasteiger charge is 2.07. The Labute approximate surface area is 102 Å². The minimum Gasteiger partial charge on any atom is -0.491 e. The predicted octanol–water partition coefficient (Wildman–Crippen LogP) is 1.96. The van der Waals surface area contributed by atoms with Gasteiger partial charge in [0.1, 0.15) is 17.3 Å². The minimum atomic E-state index is 0.412. The third-order valence-corrected chi connectivity index (χ3v) is 2.51. The van der Waals surface area contributed by atoms with E-state index in [4.69, 9.17) is 27.4 Å². The summed E-state index contributed by atoms with van der Waals surface area (Å²) in [6.07, 6.45) is 0. The van der Waals surface area contributed by atoms with Gasteiger partial charge in [-0.05, 0) is 37.1 Å². The molecule has 0 heterocycles. The lowest BCUT2D eigenvalue weighted by atomic mass is 10.1. The average Bonchev–Trinajstić information content (AvgIpc) is 2.21. The first-order chi connectivity index (χ1) is 7.56. The third kappa shape index (κ3) is 3.18. The van der Waals surface area contributed by atoms with Crippen molar-refractivity contribution in [1.82, 2.24) is 0 Å². The molecule has 0 saturated carbocycles. The Kier molecular flexibility index (Phi) is 4.71. The van der Waals surface area contributed by atoms with Crippen LogP contribution in [0.3, 0.4) is 0 Å². The van der Waals surface area contributed by atoms with Crippen LogP contribution in [0.15, 0.2) is 12.1 Å². The molecule has 1 rings (SSSR count). The fourth-order valence-corrected chi connectivity index (χ4v) is 1.67. The van der Waals surface area contributed by atoms with Gasteiger partial charge in [-0.15, -0.1) is 0 Å². The van der Waals surface area contributed by atoms with E-state index in [0.717, 1.165) is 22.4 Å². The van der Waals surface area contributed by atoms with E-state index < -0.39 is 0 Å². The highest BCUT2D eigenvalue weighted by atomic mass is 32.1. The molecule has 88 valence electrons. The summed E-state index contributed by atoms with van der Waals surface area (Å²) in [4.78, 5) is 0.412. The number of thiocarbonyl (C=S) groups is 1. The van der Waals surface area contributed by atoms with Crippen molar-refractivity contribution in [2.45, 2.75) is 13.8 Å². The van der Waals surface area contributed by atoms with E-state index in [1.165, 1.54) is 0 Å². The molecule has 0 saturated heterocycles. The summed E-state index contributed by atoms with van der Waals surface area (Å²) in [6.45, 7) is 5.09. The van der Waals surface area contributed by atoms with Crippen molar-refractivity contribution < 1.29 is 9.47 Å². The molecular formula is C12H17NO2S.